The fraction of sp³-hybridized carbons (Fsp3) is 0.438. The molecule has 8 heteroatoms. The largest absolute Gasteiger partial charge is 0.343 e. The number of likely N-dealkylation sites (N-methyl/N-ethyl adjacent to an activating group) is 1. The zero-order valence-electron chi connectivity index (χ0n) is 13.3. The molecule has 0 aromatic carbocycles. The normalized spacial score (nSPS) is 21.9. The number of thiophene rings is 1. The number of hydrogen-bond acceptors (Lipinski definition) is 6. The molecule has 24 heavy (non-hydrogen) atoms. The van der Waals surface area contributed by atoms with Gasteiger partial charge >= 0.3 is 0 Å². The second kappa shape index (κ2) is 6.27. The first-order chi connectivity index (χ1) is 11.6. The summed E-state index contributed by atoms with van der Waals surface area (Å²) in [5, 5.41) is 4.70. The number of piperazine rings is 2. The van der Waals surface area contributed by atoms with Gasteiger partial charge in [0.25, 0.3) is 5.91 Å². The monoisotopic (exact) mass is 362 g/mol. The van der Waals surface area contributed by atoms with Crippen LogP contribution in [-0.4, -0.2) is 77.3 Å². The van der Waals surface area contributed by atoms with Gasteiger partial charge in [0.1, 0.15) is 16.7 Å². The Hall–Kier alpha value is -1.77. The summed E-state index contributed by atoms with van der Waals surface area (Å²) < 4.78 is 0. The van der Waals surface area contributed by atoms with Gasteiger partial charge in [-0.1, -0.05) is 6.07 Å². The minimum Gasteiger partial charge on any atom is -0.343 e. The van der Waals surface area contributed by atoms with Crippen LogP contribution in [-0.2, 0) is 4.79 Å². The van der Waals surface area contributed by atoms with E-state index in [4.69, 9.17) is 0 Å². The average Bonchev–Trinajstić information content (AvgIpc) is 3.28. The Labute approximate surface area is 148 Å². The van der Waals surface area contributed by atoms with Gasteiger partial charge in [-0.15, -0.1) is 22.7 Å². The van der Waals surface area contributed by atoms with Gasteiger partial charge in [0.15, 0.2) is 0 Å². The van der Waals surface area contributed by atoms with Gasteiger partial charge in [0.2, 0.25) is 5.91 Å². The van der Waals surface area contributed by atoms with Crippen molar-refractivity contribution in [2.45, 2.75) is 6.04 Å². The molecule has 2 aliphatic heterocycles. The Bertz CT molecular complexity index is 758. The molecule has 2 aromatic rings. The van der Waals surface area contributed by atoms with Gasteiger partial charge < -0.3 is 9.80 Å². The second-order valence-corrected chi connectivity index (χ2v) is 7.88. The van der Waals surface area contributed by atoms with Gasteiger partial charge in [0.05, 0.1) is 4.88 Å². The molecule has 126 valence electrons. The number of carbonyl (C=O) groups is 2. The van der Waals surface area contributed by atoms with Crippen molar-refractivity contribution in [2.75, 3.05) is 39.8 Å². The van der Waals surface area contributed by atoms with E-state index in [1.807, 2.05) is 29.9 Å². The molecule has 2 aliphatic rings. The summed E-state index contributed by atoms with van der Waals surface area (Å²) in [5.41, 5.74) is 0.480. The first-order valence-electron chi connectivity index (χ1n) is 7.91. The van der Waals surface area contributed by atoms with Crippen molar-refractivity contribution < 1.29 is 9.59 Å². The molecule has 0 N–H and O–H groups in total. The number of nitrogens with zero attached hydrogens (tertiary/aromatic N) is 4. The maximum absolute atomic E-state index is 12.8. The molecule has 4 heterocycles. The number of carbonyl (C=O) groups excluding carboxylic acids is 2. The molecule has 0 bridgehead atoms. The van der Waals surface area contributed by atoms with Crippen molar-refractivity contribution in [3.8, 4) is 9.88 Å². The lowest BCUT2D eigenvalue weighted by Crippen LogP contribution is -2.64. The van der Waals surface area contributed by atoms with Crippen LogP contribution in [0.15, 0.2) is 22.9 Å². The third-order valence-corrected chi connectivity index (χ3v) is 6.50. The molecule has 0 saturated carbocycles. The van der Waals surface area contributed by atoms with Crippen LogP contribution in [0.2, 0.25) is 0 Å². The molecule has 1 atom stereocenters. The van der Waals surface area contributed by atoms with E-state index in [9.17, 15) is 9.59 Å². The highest BCUT2D eigenvalue weighted by Crippen LogP contribution is 2.28. The predicted octanol–water partition coefficient (Wildman–Crippen LogP) is 1.47. The van der Waals surface area contributed by atoms with Crippen molar-refractivity contribution >= 4 is 34.5 Å². The molecule has 6 nitrogen and oxygen atoms in total. The number of amides is 2. The Balaban J connectivity index is 1.50. The number of hydrogen-bond donors (Lipinski definition) is 0. The van der Waals surface area contributed by atoms with Crippen LogP contribution in [0.25, 0.3) is 9.88 Å². The highest BCUT2D eigenvalue weighted by atomic mass is 32.1. The van der Waals surface area contributed by atoms with Crippen LogP contribution in [0.5, 0.6) is 0 Å². The highest BCUT2D eigenvalue weighted by Gasteiger charge is 2.39. The topological polar surface area (TPSA) is 56.8 Å². The van der Waals surface area contributed by atoms with Crippen molar-refractivity contribution in [3.05, 3.63) is 28.6 Å². The van der Waals surface area contributed by atoms with Gasteiger partial charge in [-0.3, -0.25) is 14.5 Å². The molecule has 2 saturated heterocycles. The van der Waals surface area contributed by atoms with E-state index in [-0.39, 0.29) is 17.9 Å². The van der Waals surface area contributed by atoms with Crippen molar-refractivity contribution in [3.63, 3.8) is 0 Å². The summed E-state index contributed by atoms with van der Waals surface area (Å²) in [4.78, 5) is 36.4. The Morgan fingerprint density at radius 2 is 2.08 bits per heavy atom. The first kappa shape index (κ1) is 15.7. The molecule has 0 unspecified atom stereocenters. The van der Waals surface area contributed by atoms with E-state index < -0.39 is 0 Å². The standard InChI is InChI=1S/C16H18N4O2S2/c1-18-4-5-19-6-7-20(9-12(19)16(18)22)15(21)11-10-24-14(17-11)13-3-2-8-23-13/h2-3,8,10,12H,4-7,9H2,1H3/t12-/m0/s1. The van der Waals surface area contributed by atoms with Gasteiger partial charge in [0, 0.05) is 45.2 Å². The predicted molar refractivity (Wildman–Crippen MR) is 94.3 cm³/mol. The molecule has 4 rings (SSSR count). The van der Waals surface area contributed by atoms with Gasteiger partial charge in [-0.25, -0.2) is 4.98 Å². The highest BCUT2D eigenvalue weighted by molar-refractivity contribution is 7.20. The lowest BCUT2D eigenvalue weighted by atomic mass is 10.1. The van der Waals surface area contributed by atoms with Crippen molar-refractivity contribution in [2.24, 2.45) is 0 Å². The summed E-state index contributed by atoms with van der Waals surface area (Å²) in [6, 6.07) is 3.78. The summed E-state index contributed by atoms with van der Waals surface area (Å²) in [6.07, 6.45) is 0. The SMILES string of the molecule is CN1CCN2CCN(C(=O)c3csc(-c4cccs4)n3)C[C@H]2C1=O. The first-order valence-corrected chi connectivity index (χ1v) is 9.67. The maximum atomic E-state index is 12.8. The van der Waals surface area contributed by atoms with E-state index in [2.05, 4.69) is 9.88 Å². The molecule has 0 spiro atoms. The number of fused-ring (bicyclic) bond motifs is 1. The van der Waals surface area contributed by atoms with Crippen LogP contribution >= 0.6 is 22.7 Å². The number of aromatic nitrogens is 1. The lowest BCUT2D eigenvalue weighted by Gasteiger charge is -2.45. The molecular weight excluding hydrogens is 344 g/mol. The lowest BCUT2D eigenvalue weighted by molar-refractivity contribution is -0.142. The number of thiazole rings is 1. The summed E-state index contributed by atoms with van der Waals surface area (Å²) in [5.74, 6) is 0.0334. The van der Waals surface area contributed by atoms with Crippen LogP contribution < -0.4 is 0 Å². The molecule has 2 aromatic heterocycles. The smallest absolute Gasteiger partial charge is 0.273 e. The summed E-state index contributed by atoms with van der Waals surface area (Å²) in [7, 11) is 1.83. The Kier molecular flexibility index (Phi) is 4.11. The Morgan fingerprint density at radius 3 is 2.88 bits per heavy atom. The molecule has 0 aliphatic carbocycles. The fourth-order valence-electron chi connectivity index (χ4n) is 3.20. The van der Waals surface area contributed by atoms with Gasteiger partial charge in [-0.2, -0.15) is 0 Å². The zero-order chi connectivity index (χ0) is 16.7. The maximum Gasteiger partial charge on any atom is 0.273 e. The quantitative estimate of drug-likeness (QED) is 0.812. The molecule has 2 amide bonds. The van der Waals surface area contributed by atoms with Crippen LogP contribution in [0.3, 0.4) is 0 Å². The molecule has 2 fully saturated rings. The summed E-state index contributed by atoms with van der Waals surface area (Å²) in [6.45, 7) is 3.50. The summed E-state index contributed by atoms with van der Waals surface area (Å²) >= 11 is 3.11. The second-order valence-electron chi connectivity index (χ2n) is 6.08. The minimum atomic E-state index is -0.211. The average molecular weight is 362 g/mol. The Morgan fingerprint density at radius 1 is 1.25 bits per heavy atom. The van der Waals surface area contributed by atoms with E-state index in [1.165, 1.54) is 11.3 Å². The van der Waals surface area contributed by atoms with E-state index in [0.29, 0.717) is 18.8 Å². The third kappa shape index (κ3) is 2.74. The third-order valence-electron chi connectivity index (χ3n) is 4.62. The van der Waals surface area contributed by atoms with Crippen LogP contribution in [0, 0.1) is 0 Å². The minimum absolute atomic E-state index is 0.0743. The van der Waals surface area contributed by atoms with Crippen molar-refractivity contribution in [1.29, 1.82) is 0 Å². The van der Waals surface area contributed by atoms with Crippen LogP contribution in [0.1, 0.15) is 10.5 Å². The van der Waals surface area contributed by atoms with E-state index in [1.54, 1.807) is 21.1 Å². The molecule has 0 radical (unpaired) electrons. The fourth-order valence-corrected chi connectivity index (χ4v) is 4.81. The number of rotatable bonds is 2. The van der Waals surface area contributed by atoms with Gasteiger partial charge in [-0.05, 0) is 11.4 Å². The van der Waals surface area contributed by atoms with Crippen LogP contribution in [0.4, 0.5) is 0 Å². The molecular formula is C16H18N4O2S2. The van der Waals surface area contributed by atoms with E-state index >= 15 is 0 Å². The zero-order valence-corrected chi connectivity index (χ0v) is 15.0. The van der Waals surface area contributed by atoms with Crippen molar-refractivity contribution in [1.82, 2.24) is 19.7 Å². The van der Waals surface area contributed by atoms with E-state index in [0.717, 1.165) is 29.5 Å².